The summed E-state index contributed by atoms with van der Waals surface area (Å²) >= 11 is -1.46. The molecule has 1 atom stereocenters. The van der Waals surface area contributed by atoms with E-state index in [1.165, 1.54) is 0 Å². The third-order valence-corrected chi connectivity index (χ3v) is 3.42. The van der Waals surface area contributed by atoms with E-state index >= 15 is 0 Å². The van der Waals surface area contributed by atoms with E-state index in [0.717, 1.165) is 11.3 Å². The number of hydrogen-bond acceptors (Lipinski definition) is 4. The summed E-state index contributed by atoms with van der Waals surface area (Å²) in [5.74, 6) is 0.786. The Hall–Kier alpha value is -0.910. The van der Waals surface area contributed by atoms with Gasteiger partial charge in [0.1, 0.15) is 5.75 Å². The van der Waals surface area contributed by atoms with Gasteiger partial charge < -0.3 is 4.74 Å². The topological polar surface area (TPSA) is 38.8 Å². The maximum absolute atomic E-state index is 11.9. The monoisotopic (exact) mass is 257 g/mol. The molecule has 17 heavy (non-hydrogen) atoms. The molecule has 0 N–H and O–H groups in total. The van der Waals surface area contributed by atoms with Gasteiger partial charge in [-0.1, -0.05) is 13.8 Å². The van der Waals surface area contributed by atoms with Crippen LogP contribution < -0.4 is 4.74 Å². The maximum atomic E-state index is 11.9. The lowest BCUT2D eigenvalue weighted by molar-refractivity contribution is -0.0343. The first-order valence-electron chi connectivity index (χ1n) is 5.62. The van der Waals surface area contributed by atoms with Crippen LogP contribution in [0.5, 0.6) is 5.75 Å². The van der Waals surface area contributed by atoms with E-state index in [1.807, 2.05) is 26.8 Å². The molecule has 0 saturated heterocycles. The summed E-state index contributed by atoms with van der Waals surface area (Å²) in [7, 11) is 1.62. The average molecular weight is 257 g/mol. The summed E-state index contributed by atoms with van der Waals surface area (Å²) in [6.07, 6.45) is 0. The first kappa shape index (κ1) is 14.2. The third kappa shape index (κ3) is 3.80. The molecule has 0 saturated carbocycles. The standard InChI is InChI=1S/C12H19NO3S/c1-5-13(6-2)16-17(14)11-7-8-12(15-4)10(3)9-11/h7-9H,5-6H2,1-4H3. The number of benzene rings is 1. The highest BCUT2D eigenvalue weighted by atomic mass is 32.2. The number of methoxy groups -OCH3 is 1. The van der Waals surface area contributed by atoms with Gasteiger partial charge in [0.25, 0.3) is 0 Å². The van der Waals surface area contributed by atoms with Gasteiger partial charge in [-0.15, -0.1) is 0 Å². The Balaban J connectivity index is 2.79. The lowest BCUT2D eigenvalue weighted by atomic mass is 10.2. The molecule has 0 heterocycles. The Morgan fingerprint density at radius 1 is 1.29 bits per heavy atom. The van der Waals surface area contributed by atoms with E-state index in [0.29, 0.717) is 18.0 Å². The van der Waals surface area contributed by atoms with Crippen LogP contribution in [0.1, 0.15) is 19.4 Å². The smallest absolute Gasteiger partial charge is 0.206 e. The first-order valence-corrected chi connectivity index (χ1v) is 6.69. The van der Waals surface area contributed by atoms with Crippen molar-refractivity contribution in [3.63, 3.8) is 0 Å². The molecule has 0 radical (unpaired) electrons. The van der Waals surface area contributed by atoms with Crippen molar-refractivity contribution in [2.75, 3.05) is 20.2 Å². The number of hydrogen-bond donors (Lipinski definition) is 0. The van der Waals surface area contributed by atoms with E-state index in [4.69, 9.17) is 9.02 Å². The molecule has 0 aliphatic carbocycles. The van der Waals surface area contributed by atoms with Crippen LogP contribution in [0, 0.1) is 6.92 Å². The fourth-order valence-electron chi connectivity index (χ4n) is 1.42. The minimum Gasteiger partial charge on any atom is -0.496 e. The minimum absolute atomic E-state index is 0.648. The zero-order valence-electron chi connectivity index (χ0n) is 10.7. The Kier molecular flexibility index (Phi) is 5.61. The second-order valence-electron chi connectivity index (χ2n) is 3.55. The molecular weight excluding hydrogens is 238 g/mol. The number of rotatable bonds is 6. The van der Waals surface area contributed by atoms with Gasteiger partial charge in [0.2, 0.25) is 11.1 Å². The van der Waals surface area contributed by atoms with Crippen LogP contribution in [-0.4, -0.2) is 29.5 Å². The highest BCUT2D eigenvalue weighted by Crippen LogP contribution is 2.21. The highest BCUT2D eigenvalue weighted by Gasteiger charge is 2.11. The van der Waals surface area contributed by atoms with Crippen LogP contribution in [0.2, 0.25) is 0 Å². The Morgan fingerprint density at radius 2 is 1.94 bits per heavy atom. The molecule has 1 rings (SSSR count). The lowest BCUT2D eigenvalue weighted by Gasteiger charge is -2.16. The summed E-state index contributed by atoms with van der Waals surface area (Å²) in [5.41, 5.74) is 0.946. The molecule has 5 heteroatoms. The summed E-state index contributed by atoms with van der Waals surface area (Å²) in [6.45, 7) is 7.24. The SMILES string of the molecule is CCN(CC)OS(=O)c1ccc(OC)c(C)c1. The molecular formula is C12H19NO3S. The molecule has 0 aromatic heterocycles. The summed E-state index contributed by atoms with van der Waals surface area (Å²) < 4.78 is 22.4. The van der Waals surface area contributed by atoms with E-state index in [1.54, 1.807) is 24.3 Å². The van der Waals surface area contributed by atoms with Gasteiger partial charge in [0, 0.05) is 13.1 Å². The second-order valence-corrected chi connectivity index (χ2v) is 4.64. The molecule has 0 fully saturated rings. The Morgan fingerprint density at radius 3 is 2.41 bits per heavy atom. The van der Waals surface area contributed by atoms with Crippen molar-refractivity contribution >= 4 is 11.1 Å². The van der Waals surface area contributed by atoms with Gasteiger partial charge in [-0.2, -0.15) is 9.35 Å². The van der Waals surface area contributed by atoms with Crippen LogP contribution >= 0.6 is 0 Å². The number of aryl methyl sites for hydroxylation is 1. The van der Waals surface area contributed by atoms with Gasteiger partial charge in [0.05, 0.1) is 12.0 Å². The minimum atomic E-state index is -1.46. The number of ether oxygens (including phenoxy) is 1. The van der Waals surface area contributed by atoms with Crippen LogP contribution in [0.25, 0.3) is 0 Å². The van der Waals surface area contributed by atoms with Crippen molar-refractivity contribution in [3.8, 4) is 5.75 Å². The van der Waals surface area contributed by atoms with E-state index in [2.05, 4.69) is 0 Å². The molecule has 0 bridgehead atoms. The Labute approximate surface area is 105 Å². The van der Waals surface area contributed by atoms with E-state index in [9.17, 15) is 4.21 Å². The van der Waals surface area contributed by atoms with Gasteiger partial charge in [-0.3, -0.25) is 0 Å². The molecule has 1 unspecified atom stereocenters. The summed E-state index contributed by atoms with van der Waals surface area (Å²) in [4.78, 5) is 0.648. The van der Waals surface area contributed by atoms with Crippen LogP contribution in [0.4, 0.5) is 0 Å². The largest absolute Gasteiger partial charge is 0.496 e. The third-order valence-electron chi connectivity index (χ3n) is 2.44. The number of nitrogens with zero attached hydrogens (tertiary/aromatic N) is 1. The number of hydroxylamine groups is 2. The van der Waals surface area contributed by atoms with E-state index in [-0.39, 0.29) is 0 Å². The zero-order valence-corrected chi connectivity index (χ0v) is 11.5. The molecule has 0 spiro atoms. The van der Waals surface area contributed by atoms with Crippen molar-refractivity contribution in [3.05, 3.63) is 23.8 Å². The molecule has 0 amide bonds. The van der Waals surface area contributed by atoms with Crippen LogP contribution in [-0.2, 0) is 15.4 Å². The van der Waals surface area contributed by atoms with Crippen molar-refractivity contribution < 1.29 is 13.2 Å². The quantitative estimate of drug-likeness (QED) is 0.733. The van der Waals surface area contributed by atoms with Gasteiger partial charge in [-0.25, -0.2) is 4.21 Å². The maximum Gasteiger partial charge on any atom is 0.206 e. The van der Waals surface area contributed by atoms with Crippen molar-refractivity contribution in [2.24, 2.45) is 0 Å². The average Bonchev–Trinajstić information content (AvgIpc) is 2.35. The molecule has 96 valence electrons. The molecule has 0 aliphatic heterocycles. The molecule has 1 aromatic rings. The fraction of sp³-hybridized carbons (Fsp3) is 0.500. The predicted molar refractivity (Wildman–Crippen MR) is 68.1 cm³/mol. The van der Waals surface area contributed by atoms with Gasteiger partial charge >= 0.3 is 0 Å². The van der Waals surface area contributed by atoms with Crippen molar-refractivity contribution in [2.45, 2.75) is 25.7 Å². The van der Waals surface area contributed by atoms with Crippen LogP contribution in [0.15, 0.2) is 23.1 Å². The predicted octanol–water partition coefficient (Wildman–Crippen LogP) is 2.30. The summed E-state index contributed by atoms with van der Waals surface area (Å²) in [6, 6.07) is 5.37. The van der Waals surface area contributed by atoms with Crippen molar-refractivity contribution in [1.29, 1.82) is 0 Å². The lowest BCUT2D eigenvalue weighted by Crippen LogP contribution is -2.24. The highest BCUT2D eigenvalue weighted by molar-refractivity contribution is 7.80. The Bertz CT molecular complexity index is 391. The van der Waals surface area contributed by atoms with Gasteiger partial charge in [-0.05, 0) is 30.7 Å². The van der Waals surface area contributed by atoms with E-state index < -0.39 is 11.1 Å². The van der Waals surface area contributed by atoms with Crippen molar-refractivity contribution in [1.82, 2.24) is 5.06 Å². The second kappa shape index (κ2) is 6.74. The summed E-state index contributed by atoms with van der Waals surface area (Å²) in [5, 5.41) is 1.66. The van der Waals surface area contributed by atoms with Crippen LogP contribution in [0.3, 0.4) is 0 Å². The zero-order chi connectivity index (χ0) is 12.8. The molecule has 0 aliphatic rings. The molecule has 4 nitrogen and oxygen atoms in total. The molecule has 1 aromatic carbocycles. The fourth-order valence-corrected chi connectivity index (χ4v) is 2.36. The first-order chi connectivity index (χ1) is 8.12. The normalized spacial score (nSPS) is 12.8. The van der Waals surface area contributed by atoms with Gasteiger partial charge in [0.15, 0.2) is 0 Å².